The second kappa shape index (κ2) is 3.96. The van der Waals surface area contributed by atoms with Crippen LogP contribution in [0.15, 0.2) is 0 Å². The number of amides is 1. The SMILES string of the molecule is NC(=O)CC1CCCCC1Cl. The first-order chi connectivity index (χ1) is 5.20. The number of rotatable bonds is 2. The molecule has 0 spiro atoms. The van der Waals surface area contributed by atoms with Crippen molar-refractivity contribution in [2.24, 2.45) is 11.7 Å². The first-order valence-corrected chi connectivity index (χ1v) is 4.56. The standard InChI is InChI=1S/C8H14ClNO/c9-7-4-2-1-3-6(7)5-8(10)11/h6-7H,1-5H2,(H2,10,11). The van der Waals surface area contributed by atoms with Gasteiger partial charge in [-0.2, -0.15) is 0 Å². The number of alkyl halides is 1. The molecular weight excluding hydrogens is 162 g/mol. The number of hydrogen-bond acceptors (Lipinski definition) is 1. The third kappa shape index (κ3) is 2.70. The van der Waals surface area contributed by atoms with Gasteiger partial charge < -0.3 is 5.73 Å². The van der Waals surface area contributed by atoms with Crippen molar-refractivity contribution in [2.45, 2.75) is 37.5 Å². The van der Waals surface area contributed by atoms with E-state index in [2.05, 4.69) is 0 Å². The van der Waals surface area contributed by atoms with E-state index in [1.54, 1.807) is 0 Å². The molecule has 2 unspecified atom stereocenters. The Bertz CT molecular complexity index is 149. The average molecular weight is 176 g/mol. The van der Waals surface area contributed by atoms with E-state index in [1.165, 1.54) is 12.8 Å². The molecular formula is C8H14ClNO. The Labute approximate surface area is 72.1 Å². The van der Waals surface area contributed by atoms with E-state index in [-0.39, 0.29) is 11.3 Å². The van der Waals surface area contributed by atoms with Gasteiger partial charge in [-0.1, -0.05) is 12.8 Å². The van der Waals surface area contributed by atoms with Gasteiger partial charge in [0.2, 0.25) is 5.91 Å². The molecule has 0 aromatic rings. The van der Waals surface area contributed by atoms with Crippen molar-refractivity contribution in [2.75, 3.05) is 0 Å². The molecule has 0 radical (unpaired) electrons. The van der Waals surface area contributed by atoms with Crippen molar-refractivity contribution in [3.8, 4) is 0 Å². The van der Waals surface area contributed by atoms with Gasteiger partial charge in [-0.15, -0.1) is 11.6 Å². The number of primary amides is 1. The second-order valence-electron chi connectivity index (χ2n) is 3.23. The van der Waals surface area contributed by atoms with Crippen molar-refractivity contribution >= 4 is 17.5 Å². The Morgan fingerprint density at radius 3 is 2.64 bits per heavy atom. The highest BCUT2D eigenvalue weighted by atomic mass is 35.5. The van der Waals surface area contributed by atoms with E-state index in [0.29, 0.717) is 12.3 Å². The van der Waals surface area contributed by atoms with Crippen LogP contribution >= 0.6 is 11.6 Å². The van der Waals surface area contributed by atoms with Crippen LogP contribution in [0.4, 0.5) is 0 Å². The molecule has 0 aromatic heterocycles. The lowest BCUT2D eigenvalue weighted by Crippen LogP contribution is -2.25. The van der Waals surface area contributed by atoms with Crippen molar-refractivity contribution in [3.63, 3.8) is 0 Å². The van der Waals surface area contributed by atoms with Gasteiger partial charge in [-0.05, 0) is 18.8 Å². The quantitative estimate of drug-likeness (QED) is 0.638. The van der Waals surface area contributed by atoms with E-state index in [1.807, 2.05) is 0 Å². The van der Waals surface area contributed by atoms with Gasteiger partial charge in [-0.25, -0.2) is 0 Å². The van der Waals surface area contributed by atoms with Crippen molar-refractivity contribution in [1.29, 1.82) is 0 Å². The number of halogens is 1. The molecule has 0 heterocycles. The summed E-state index contributed by atoms with van der Waals surface area (Å²) in [4.78, 5) is 10.6. The van der Waals surface area contributed by atoms with E-state index >= 15 is 0 Å². The molecule has 1 fully saturated rings. The summed E-state index contributed by atoms with van der Waals surface area (Å²) in [5.41, 5.74) is 5.09. The van der Waals surface area contributed by atoms with Crippen molar-refractivity contribution in [3.05, 3.63) is 0 Å². The Balaban J connectivity index is 2.35. The van der Waals surface area contributed by atoms with Gasteiger partial charge in [0.1, 0.15) is 0 Å². The molecule has 1 rings (SSSR count). The molecule has 0 aromatic carbocycles. The second-order valence-corrected chi connectivity index (χ2v) is 3.79. The minimum atomic E-state index is -0.220. The van der Waals surface area contributed by atoms with Gasteiger partial charge in [0.15, 0.2) is 0 Å². The van der Waals surface area contributed by atoms with Crippen LogP contribution in [-0.2, 0) is 4.79 Å². The highest BCUT2D eigenvalue weighted by Gasteiger charge is 2.24. The van der Waals surface area contributed by atoms with Crippen LogP contribution in [0.3, 0.4) is 0 Å². The number of carbonyl (C=O) groups excluding carboxylic acids is 1. The molecule has 2 N–H and O–H groups in total. The molecule has 3 heteroatoms. The Morgan fingerprint density at radius 1 is 1.45 bits per heavy atom. The largest absolute Gasteiger partial charge is 0.370 e. The van der Waals surface area contributed by atoms with Crippen molar-refractivity contribution < 1.29 is 4.79 Å². The summed E-state index contributed by atoms with van der Waals surface area (Å²) in [6.07, 6.45) is 4.97. The maximum absolute atomic E-state index is 10.6. The van der Waals surface area contributed by atoms with E-state index in [4.69, 9.17) is 17.3 Å². The third-order valence-corrected chi connectivity index (χ3v) is 2.85. The Kier molecular flexibility index (Phi) is 3.18. The van der Waals surface area contributed by atoms with Crippen LogP contribution in [0.1, 0.15) is 32.1 Å². The molecule has 11 heavy (non-hydrogen) atoms. The summed E-state index contributed by atoms with van der Waals surface area (Å²) in [6.45, 7) is 0. The third-order valence-electron chi connectivity index (χ3n) is 2.28. The van der Waals surface area contributed by atoms with Crippen LogP contribution in [-0.4, -0.2) is 11.3 Å². The minimum Gasteiger partial charge on any atom is -0.370 e. The van der Waals surface area contributed by atoms with E-state index < -0.39 is 0 Å². The fraction of sp³-hybridized carbons (Fsp3) is 0.875. The van der Waals surface area contributed by atoms with Crippen LogP contribution in [0, 0.1) is 5.92 Å². The van der Waals surface area contributed by atoms with Crippen LogP contribution in [0.5, 0.6) is 0 Å². The van der Waals surface area contributed by atoms with E-state index in [9.17, 15) is 4.79 Å². The summed E-state index contributed by atoms with van der Waals surface area (Å²) >= 11 is 6.02. The fourth-order valence-corrected chi connectivity index (χ4v) is 2.02. The number of carbonyl (C=O) groups is 1. The molecule has 64 valence electrons. The zero-order valence-electron chi connectivity index (χ0n) is 6.55. The fourth-order valence-electron chi connectivity index (χ4n) is 1.65. The first kappa shape index (κ1) is 8.85. The summed E-state index contributed by atoms with van der Waals surface area (Å²) in [7, 11) is 0. The summed E-state index contributed by atoms with van der Waals surface area (Å²) in [5.74, 6) is 0.116. The normalized spacial score (nSPS) is 31.7. The molecule has 2 atom stereocenters. The smallest absolute Gasteiger partial charge is 0.217 e. The zero-order valence-corrected chi connectivity index (χ0v) is 7.31. The lowest BCUT2D eigenvalue weighted by Gasteiger charge is -2.25. The number of hydrogen-bond donors (Lipinski definition) is 1. The van der Waals surface area contributed by atoms with Gasteiger partial charge in [0.25, 0.3) is 0 Å². The molecule has 1 aliphatic rings. The highest BCUT2D eigenvalue weighted by Crippen LogP contribution is 2.30. The molecule has 0 bridgehead atoms. The van der Waals surface area contributed by atoms with Gasteiger partial charge in [-0.3, -0.25) is 4.79 Å². The Morgan fingerprint density at radius 2 is 2.09 bits per heavy atom. The van der Waals surface area contributed by atoms with E-state index in [0.717, 1.165) is 12.8 Å². The molecule has 0 saturated heterocycles. The maximum Gasteiger partial charge on any atom is 0.217 e. The predicted molar refractivity (Wildman–Crippen MR) is 45.4 cm³/mol. The van der Waals surface area contributed by atoms with Gasteiger partial charge >= 0.3 is 0 Å². The number of nitrogens with two attached hydrogens (primary N) is 1. The molecule has 1 aliphatic carbocycles. The van der Waals surface area contributed by atoms with Gasteiger partial charge in [0, 0.05) is 11.8 Å². The molecule has 1 amide bonds. The summed E-state index contributed by atoms with van der Waals surface area (Å²) < 4.78 is 0. The maximum atomic E-state index is 10.6. The van der Waals surface area contributed by atoms with Crippen LogP contribution < -0.4 is 5.73 Å². The predicted octanol–water partition coefficient (Wildman–Crippen LogP) is 1.66. The molecule has 0 aliphatic heterocycles. The van der Waals surface area contributed by atoms with Crippen molar-refractivity contribution in [1.82, 2.24) is 0 Å². The first-order valence-electron chi connectivity index (χ1n) is 4.12. The monoisotopic (exact) mass is 175 g/mol. The molecule has 2 nitrogen and oxygen atoms in total. The van der Waals surface area contributed by atoms with Gasteiger partial charge in [0.05, 0.1) is 0 Å². The van der Waals surface area contributed by atoms with Crippen LogP contribution in [0.2, 0.25) is 0 Å². The topological polar surface area (TPSA) is 43.1 Å². The minimum absolute atomic E-state index is 0.177. The summed E-state index contributed by atoms with van der Waals surface area (Å²) in [6, 6.07) is 0. The lowest BCUT2D eigenvalue weighted by molar-refractivity contribution is -0.119. The highest BCUT2D eigenvalue weighted by molar-refractivity contribution is 6.20. The van der Waals surface area contributed by atoms with Crippen LogP contribution in [0.25, 0.3) is 0 Å². The summed E-state index contributed by atoms with van der Waals surface area (Å²) in [5, 5.41) is 0.177. The lowest BCUT2D eigenvalue weighted by atomic mass is 9.86. The average Bonchev–Trinajstić information content (AvgIpc) is 1.93. The zero-order chi connectivity index (χ0) is 8.27. The molecule has 1 saturated carbocycles. The Hall–Kier alpha value is -0.240.